The molecule has 1 aromatic carbocycles. The summed E-state index contributed by atoms with van der Waals surface area (Å²) in [5.74, 6) is -0.464. The van der Waals surface area contributed by atoms with E-state index in [0.717, 1.165) is 18.9 Å². The maximum atomic E-state index is 12.7. The predicted octanol–water partition coefficient (Wildman–Crippen LogP) is 0.527. The number of hydrogen-bond donors (Lipinski definition) is 2. The maximum absolute atomic E-state index is 12.7. The minimum absolute atomic E-state index is 0.0219. The standard InChI is InChI=1S/C17H25N5O6S/c1-2-3-7-18-17(24)19-16(23)13-20-8-10-21(11-9-20)29(27,28)15-6-4-5-14(12-15)22(25)26/h4-6,12H,2-3,7-11,13H2,1H3,(H2,18,19,23,24). The van der Waals surface area contributed by atoms with Crippen LogP contribution in [0, 0.1) is 10.1 Å². The highest BCUT2D eigenvalue weighted by Gasteiger charge is 2.30. The Morgan fingerprint density at radius 3 is 2.52 bits per heavy atom. The van der Waals surface area contributed by atoms with Gasteiger partial charge in [0.1, 0.15) is 0 Å². The molecule has 0 atom stereocenters. The fourth-order valence-electron chi connectivity index (χ4n) is 2.83. The molecule has 0 radical (unpaired) electrons. The minimum atomic E-state index is -3.86. The van der Waals surface area contributed by atoms with Crippen molar-refractivity contribution in [3.05, 3.63) is 34.4 Å². The number of non-ortho nitro benzene ring substituents is 1. The number of piperazine rings is 1. The first-order valence-corrected chi connectivity index (χ1v) is 10.7. The Morgan fingerprint density at radius 1 is 1.21 bits per heavy atom. The summed E-state index contributed by atoms with van der Waals surface area (Å²) in [7, 11) is -3.86. The largest absolute Gasteiger partial charge is 0.338 e. The fourth-order valence-corrected chi connectivity index (χ4v) is 4.29. The first-order valence-electron chi connectivity index (χ1n) is 9.28. The van der Waals surface area contributed by atoms with Crippen LogP contribution in [0.1, 0.15) is 19.8 Å². The quantitative estimate of drug-likeness (QED) is 0.350. The molecule has 0 unspecified atom stereocenters. The number of benzene rings is 1. The summed E-state index contributed by atoms with van der Waals surface area (Å²) in [4.78, 5) is 35.4. The number of urea groups is 1. The van der Waals surface area contributed by atoms with E-state index in [1.807, 2.05) is 6.92 Å². The molecule has 2 rings (SSSR count). The molecule has 0 saturated carbocycles. The highest BCUT2D eigenvalue weighted by atomic mass is 32.2. The van der Waals surface area contributed by atoms with Crippen molar-refractivity contribution in [2.75, 3.05) is 39.3 Å². The SMILES string of the molecule is CCCCNC(=O)NC(=O)CN1CCN(S(=O)(=O)c2cccc([N+](=O)[O-])c2)CC1. The molecule has 1 fully saturated rings. The summed E-state index contributed by atoms with van der Waals surface area (Å²) >= 11 is 0. The van der Waals surface area contributed by atoms with Gasteiger partial charge in [-0.25, -0.2) is 13.2 Å². The summed E-state index contributed by atoms with van der Waals surface area (Å²) in [6.45, 7) is 3.35. The molecule has 3 amide bonds. The van der Waals surface area contributed by atoms with Crippen molar-refractivity contribution >= 4 is 27.6 Å². The lowest BCUT2D eigenvalue weighted by Gasteiger charge is -2.33. The zero-order valence-corrected chi connectivity index (χ0v) is 17.0. The Bertz CT molecular complexity index is 852. The van der Waals surface area contributed by atoms with Crippen molar-refractivity contribution in [3.63, 3.8) is 0 Å². The number of amides is 3. The van der Waals surface area contributed by atoms with Crippen LogP contribution in [0.3, 0.4) is 0 Å². The molecule has 1 saturated heterocycles. The normalized spacial score (nSPS) is 15.6. The van der Waals surface area contributed by atoms with Crippen LogP contribution in [0.5, 0.6) is 0 Å². The first-order chi connectivity index (χ1) is 13.7. The Hall–Kier alpha value is -2.57. The van der Waals surface area contributed by atoms with Gasteiger partial charge in [-0.1, -0.05) is 19.4 Å². The molecule has 1 aliphatic heterocycles. The number of unbranched alkanes of at least 4 members (excludes halogenated alkanes) is 1. The van der Waals surface area contributed by atoms with Gasteiger partial charge >= 0.3 is 6.03 Å². The van der Waals surface area contributed by atoms with E-state index >= 15 is 0 Å². The number of nitro benzene ring substituents is 1. The van der Waals surface area contributed by atoms with Gasteiger partial charge in [-0.3, -0.25) is 25.1 Å². The van der Waals surface area contributed by atoms with E-state index in [-0.39, 0.29) is 30.2 Å². The van der Waals surface area contributed by atoms with Crippen LogP contribution in [-0.4, -0.2) is 73.8 Å². The molecule has 29 heavy (non-hydrogen) atoms. The molecule has 12 heteroatoms. The molecule has 160 valence electrons. The lowest BCUT2D eigenvalue weighted by atomic mass is 10.3. The van der Waals surface area contributed by atoms with Crippen LogP contribution in [0.25, 0.3) is 0 Å². The Balaban J connectivity index is 1.86. The average Bonchev–Trinajstić information content (AvgIpc) is 2.68. The number of nitrogens with one attached hydrogen (secondary N) is 2. The van der Waals surface area contributed by atoms with Gasteiger partial charge in [0.15, 0.2) is 0 Å². The van der Waals surface area contributed by atoms with Gasteiger partial charge in [-0.05, 0) is 12.5 Å². The summed E-state index contributed by atoms with van der Waals surface area (Å²) < 4.78 is 26.7. The maximum Gasteiger partial charge on any atom is 0.321 e. The Kier molecular flexibility index (Phi) is 8.05. The van der Waals surface area contributed by atoms with Crippen molar-refractivity contribution in [1.29, 1.82) is 0 Å². The van der Waals surface area contributed by atoms with Gasteiger partial charge in [0.05, 0.1) is 16.4 Å². The van der Waals surface area contributed by atoms with E-state index in [4.69, 9.17) is 0 Å². The van der Waals surface area contributed by atoms with Crippen LogP contribution in [0.2, 0.25) is 0 Å². The van der Waals surface area contributed by atoms with Crippen LogP contribution < -0.4 is 10.6 Å². The topological polar surface area (TPSA) is 142 Å². The molecule has 1 heterocycles. The zero-order chi connectivity index (χ0) is 21.4. The number of carbonyl (C=O) groups is 2. The van der Waals surface area contributed by atoms with Gasteiger partial charge < -0.3 is 5.32 Å². The third-order valence-electron chi connectivity index (χ3n) is 4.43. The average molecular weight is 427 g/mol. The van der Waals surface area contributed by atoms with Crippen molar-refractivity contribution in [3.8, 4) is 0 Å². The second-order valence-corrected chi connectivity index (χ2v) is 8.53. The van der Waals surface area contributed by atoms with Crippen molar-refractivity contribution < 1.29 is 22.9 Å². The number of rotatable bonds is 8. The van der Waals surface area contributed by atoms with E-state index in [2.05, 4.69) is 10.6 Å². The summed E-state index contributed by atoms with van der Waals surface area (Å²) in [6.07, 6.45) is 1.75. The summed E-state index contributed by atoms with van der Waals surface area (Å²) in [5, 5.41) is 15.7. The fraction of sp³-hybridized carbons (Fsp3) is 0.529. The molecule has 0 aromatic heterocycles. The number of nitrogens with zero attached hydrogens (tertiary/aromatic N) is 3. The van der Waals surface area contributed by atoms with Gasteiger partial charge in [0.25, 0.3) is 5.69 Å². The summed E-state index contributed by atoms with van der Waals surface area (Å²) in [5.41, 5.74) is -0.293. The summed E-state index contributed by atoms with van der Waals surface area (Å²) in [6, 6.07) is 4.37. The van der Waals surface area contributed by atoms with Crippen molar-refractivity contribution in [2.45, 2.75) is 24.7 Å². The van der Waals surface area contributed by atoms with Crippen LogP contribution >= 0.6 is 0 Å². The second kappa shape index (κ2) is 10.3. The zero-order valence-electron chi connectivity index (χ0n) is 16.2. The predicted molar refractivity (Wildman–Crippen MR) is 105 cm³/mol. The highest BCUT2D eigenvalue weighted by molar-refractivity contribution is 7.89. The smallest absolute Gasteiger partial charge is 0.321 e. The number of imide groups is 1. The number of carbonyl (C=O) groups excluding carboxylic acids is 2. The number of hydrogen-bond acceptors (Lipinski definition) is 7. The number of nitro groups is 1. The van der Waals surface area contributed by atoms with Crippen LogP contribution in [0.15, 0.2) is 29.2 Å². The lowest BCUT2D eigenvalue weighted by molar-refractivity contribution is -0.385. The Morgan fingerprint density at radius 2 is 1.90 bits per heavy atom. The monoisotopic (exact) mass is 427 g/mol. The molecule has 1 aliphatic rings. The van der Waals surface area contributed by atoms with Crippen LogP contribution in [-0.2, 0) is 14.8 Å². The van der Waals surface area contributed by atoms with Crippen molar-refractivity contribution in [1.82, 2.24) is 19.8 Å². The second-order valence-electron chi connectivity index (χ2n) is 6.59. The van der Waals surface area contributed by atoms with E-state index in [1.54, 1.807) is 4.90 Å². The molecular weight excluding hydrogens is 402 g/mol. The van der Waals surface area contributed by atoms with E-state index in [9.17, 15) is 28.1 Å². The Labute approximate surface area is 169 Å². The molecule has 0 spiro atoms. The van der Waals surface area contributed by atoms with Gasteiger partial charge in [-0.15, -0.1) is 0 Å². The first kappa shape index (κ1) is 22.7. The molecule has 11 nitrogen and oxygen atoms in total. The third kappa shape index (κ3) is 6.48. The van der Waals surface area contributed by atoms with Crippen LogP contribution in [0.4, 0.5) is 10.5 Å². The third-order valence-corrected chi connectivity index (χ3v) is 6.33. The molecule has 0 aliphatic carbocycles. The highest BCUT2D eigenvalue weighted by Crippen LogP contribution is 2.21. The van der Waals surface area contributed by atoms with E-state index in [1.165, 1.54) is 22.5 Å². The molecule has 2 N–H and O–H groups in total. The van der Waals surface area contributed by atoms with E-state index in [0.29, 0.717) is 19.6 Å². The molecular formula is C17H25N5O6S. The lowest BCUT2D eigenvalue weighted by Crippen LogP contribution is -2.52. The van der Waals surface area contributed by atoms with Crippen molar-refractivity contribution in [2.24, 2.45) is 0 Å². The van der Waals surface area contributed by atoms with Gasteiger partial charge in [-0.2, -0.15) is 4.31 Å². The van der Waals surface area contributed by atoms with Gasteiger partial charge in [0.2, 0.25) is 15.9 Å². The number of sulfonamides is 1. The molecule has 0 bridgehead atoms. The van der Waals surface area contributed by atoms with Gasteiger partial charge in [0, 0.05) is 44.9 Å². The van der Waals surface area contributed by atoms with E-state index < -0.39 is 26.9 Å². The molecule has 1 aromatic rings. The minimum Gasteiger partial charge on any atom is -0.338 e.